The third-order valence-corrected chi connectivity index (χ3v) is 2.18. The van der Waals surface area contributed by atoms with Crippen LogP contribution < -0.4 is 4.90 Å². The van der Waals surface area contributed by atoms with E-state index < -0.39 is 0 Å². The molecule has 1 amide bonds. The normalized spacial score (nSPS) is 15.9. The van der Waals surface area contributed by atoms with Crippen LogP contribution in [0.4, 0.5) is 5.82 Å². The average molecular weight is 204 g/mol. The number of nitrogens with zero attached hydrogens (tertiary/aromatic N) is 2. The van der Waals surface area contributed by atoms with Gasteiger partial charge in [-0.25, -0.2) is 4.98 Å². The third kappa shape index (κ3) is 1.63. The molecule has 0 saturated carbocycles. The summed E-state index contributed by atoms with van der Waals surface area (Å²) in [5, 5.41) is 0. The molecular weight excluding hydrogens is 196 g/mol. The first kappa shape index (κ1) is 9.51. The predicted octanol–water partition coefficient (Wildman–Crippen LogP) is 0.200. The van der Waals surface area contributed by atoms with E-state index in [-0.39, 0.29) is 30.5 Å². The maximum Gasteiger partial charge on any atom is 0.236 e. The summed E-state index contributed by atoms with van der Waals surface area (Å²) >= 11 is 0. The van der Waals surface area contributed by atoms with Gasteiger partial charge in [-0.3, -0.25) is 19.3 Å². The fraction of sp³-hybridized carbons (Fsp3) is 0.200. The van der Waals surface area contributed by atoms with Gasteiger partial charge in [0.15, 0.2) is 12.1 Å². The van der Waals surface area contributed by atoms with E-state index in [1.807, 2.05) is 0 Å². The minimum Gasteiger partial charge on any atom is -0.298 e. The lowest BCUT2D eigenvalue weighted by Crippen LogP contribution is -2.26. The number of Topliss-reactive ketones (excluding diaryl/α,β-unsaturated/α-hetero) is 1. The Bertz CT molecular complexity index is 442. The summed E-state index contributed by atoms with van der Waals surface area (Å²) in [5.74, 6) is -0.187. The number of carbonyl (C=O) groups excluding carboxylic acids is 3. The molecular formula is C10H8N2O3. The number of hydrogen-bond donors (Lipinski definition) is 0. The minimum atomic E-state index is -0.304. The van der Waals surface area contributed by atoms with Crippen LogP contribution in [0.5, 0.6) is 0 Å². The third-order valence-electron chi connectivity index (χ3n) is 2.18. The van der Waals surface area contributed by atoms with Crippen molar-refractivity contribution in [2.24, 2.45) is 0 Å². The Morgan fingerprint density at radius 3 is 2.80 bits per heavy atom. The van der Waals surface area contributed by atoms with Crippen LogP contribution in [0.1, 0.15) is 16.8 Å². The zero-order valence-corrected chi connectivity index (χ0v) is 7.84. The van der Waals surface area contributed by atoms with Crippen LogP contribution in [-0.2, 0) is 9.59 Å². The van der Waals surface area contributed by atoms with Crippen molar-refractivity contribution in [1.29, 1.82) is 0 Å². The molecule has 0 spiro atoms. The van der Waals surface area contributed by atoms with Crippen molar-refractivity contribution in [3.8, 4) is 0 Å². The van der Waals surface area contributed by atoms with E-state index in [0.717, 1.165) is 0 Å². The summed E-state index contributed by atoms with van der Waals surface area (Å²) in [6.07, 6.45) is 2.01. The summed E-state index contributed by atoms with van der Waals surface area (Å²) in [6, 6.07) is 3.17. The largest absolute Gasteiger partial charge is 0.298 e. The lowest BCUT2D eigenvalue weighted by molar-refractivity contribution is -0.121. The van der Waals surface area contributed by atoms with E-state index in [1.54, 1.807) is 12.1 Å². The topological polar surface area (TPSA) is 67.3 Å². The Labute approximate surface area is 85.7 Å². The highest BCUT2D eigenvalue weighted by molar-refractivity contribution is 6.15. The summed E-state index contributed by atoms with van der Waals surface area (Å²) in [7, 11) is 0. The molecule has 1 aliphatic rings. The molecule has 76 valence electrons. The van der Waals surface area contributed by atoms with Crippen LogP contribution in [0.15, 0.2) is 18.3 Å². The van der Waals surface area contributed by atoms with Crippen LogP contribution in [-0.4, -0.2) is 29.5 Å². The van der Waals surface area contributed by atoms with Crippen molar-refractivity contribution in [2.75, 3.05) is 11.4 Å². The molecule has 15 heavy (non-hydrogen) atoms. The van der Waals surface area contributed by atoms with Crippen LogP contribution in [0, 0.1) is 0 Å². The van der Waals surface area contributed by atoms with E-state index in [4.69, 9.17) is 0 Å². The van der Waals surface area contributed by atoms with Gasteiger partial charge in [0.1, 0.15) is 5.82 Å². The number of carbonyl (C=O) groups is 3. The molecule has 2 rings (SSSR count). The van der Waals surface area contributed by atoms with Gasteiger partial charge in [0.25, 0.3) is 0 Å². The van der Waals surface area contributed by atoms with E-state index in [9.17, 15) is 14.4 Å². The highest BCUT2D eigenvalue weighted by Gasteiger charge is 2.30. The van der Waals surface area contributed by atoms with Gasteiger partial charge >= 0.3 is 0 Å². The number of hydrogen-bond acceptors (Lipinski definition) is 4. The van der Waals surface area contributed by atoms with Gasteiger partial charge in [-0.15, -0.1) is 0 Å². The van der Waals surface area contributed by atoms with Crippen LogP contribution >= 0.6 is 0 Å². The van der Waals surface area contributed by atoms with E-state index in [1.165, 1.54) is 11.1 Å². The molecule has 0 aromatic carbocycles. The summed E-state index contributed by atoms with van der Waals surface area (Å²) in [6.45, 7) is 0.0106. The second kappa shape index (κ2) is 3.61. The van der Waals surface area contributed by atoms with Crippen LogP contribution in [0.25, 0.3) is 0 Å². The van der Waals surface area contributed by atoms with E-state index >= 15 is 0 Å². The Morgan fingerprint density at radius 1 is 1.40 bits per heavy atom. The Kier molecular flexibility index (Phi) is 2.29. The molecule has 1 aromatic rings. The predicted molar refractivity (Wildman–Crippen MR) is 51.6 cm³/mol. The fourth-order valence-corrected chi connectivity index (χ4v) is 1.50. The highest BCUT2D eigenvalue weighted by atomic mass is 16.2. The maximum absolute atomic E-state index is 11.4. The fourth-order valence-electron chi connectivity index (χ4n) is 1.50. The SMILES string of the molecule is O=Cc1cccnc1N1CC(=O)CC1=O. The first-order valence-electron chi connectivity index (χ1n) is 4.44. The van der Waals surface area contributed by atoms with Gasteiger partial charge in [0, 0.05) is 6.20 Å². The number of rotatable bonds is 2. The van der Waals surface area contributed by atoms with Crippen molar-refractivity contribution in [2.45, 2.75) is 6.42 Å². The summed E-state index contributed by atoms with van der Waals surface area (Å²) < 4.78 is 0. The van der Waals surface area contributed by atoms with E-state index in [2.05, 4.69) is 4.98 Å². The van der Waals surface area contributed by atoms with Gasteiger partial charge < -0.3 is 0 Å². The number of aldehydes is 1. The second-order valence-corrected chi connectivity index (χ2v) is 3.23. The minimum absolute atomic E-state index is 0.0106. The van der Waals surface area contributed by atoms with Crippen LogP contribution in [0.2, 0.25) is 0 Å². The van der Waals surface area contributed by atoms with Gasteiger partial charge in [-0.1, -0.05) is 0 Å². The maximum atomic E-state index is 11.4. The molecule has 0 unspecified atom stereocenters. The zero-order chi connectivity index (χ0) is 10.8. The van der Waals surface area contributed by atoms with Gasteiger partial charge in [0.05, 0.1) is 18.5 Å². The quantitative estimate of drug-likeness (QED) is 0.509. The summed E-state index contributed by atoms with van der Waals surface area (Å²) in [4.78, 5) is 38.4. The van der Waals surface area contributed by atoms with Crippen LogP contribution in [0.3, 0.4) is 0 Å². The lowest BCUT2D eigenvalue weighted by Gasteiger charge is -2.14. The zero-order valence-electron chi connectivity index (χ0n) is 7.84. The molecule has 1 aromatic heterocycles. The molecule has 0 radical (unpaired) electrons. The molecule has 0 atom stereocenters. The highest BCUT2D eigenvalue weighted by Crippen LogP contribution is 2.19. The number of pyridine rings is 1. The number of aromatic nitrogens is 1. The first-order chi connectivity index (χ1) is 7.22. The molecule has 0 aliphatic carbocycles. The smallest absolute Gasteiger partial charge is 0.236 e. The van der Waals surface area contributed by atoms with Gasteiger partial charge in [0.2, 0.25) is 5.91 Å². The molecule has 2 heterocycles. The molecule has 0 N–H and O–H groups in total. The molecule has 5 nitrogen and oxygen atoms in total. The Hall–Kier alpha value is -2.04. The Morgan fingerprint density at radius 2 is 2.20 bits per heavy atom. The Balaban J connectivity index is 2.41. The number of ketones is 1. The summed E-state index contributed by atoms with van der Waals surface area (Å²) in [5.41, 5.74) is 0.320. The standard InChI is InChI=1S/C10H8N2O3/c13-6-7-2-1-3-11-10(7)12-5-8(14)4-9(12)15/h1-3,6H,4-5H2. The molecule has 1 aliphatic heterocycles. The van der Waals surface area contributed by atoms with Gasteiger partial charge in [-0.2, -0.15) is 0 Å². The lowest BCUT2D eigenvalue weighted by atomic mass is 10.2. The molecule has 5 heteroatoms. The van der Waals surface area contributed by atoms with Crippen molar-refractivity contribution in [3.05, 3.63) is 23.9 Å². The number of amides is 1. The average Bonchev–Trinajstić information content (AvgIpc) is 2.57. The van der Waals surface area contributed by atoms with Crippen molar-refractivity contribution >= 4 is 23.8 Å². The number of anilines is 1. The monoisotopic (exact) mass is 204 g/mol. The molecule has 0 bridgehead atoms. The van der Waals surface area contributed by atoms with E-state index in [0.29, 0.717) is 11.8 Å². The van der Waals surface area contributed by atoms with Gasteiger partial charge in [-0.05, 0) is 12.1 Å². The van der Waals surface area contributed by atoms with Crippen molar-refractivity contribution < 1.29 is 14.4 Å². The second-order valence-electron chi connectivity index (χ2n) is 3.23. The van der Waals surface area contributed by atoms with Crippen molar-refractivity contribution in [3.63, 3.8) is 0 Å². The van der Waals surface area contributed by atoms with Crippen molar-refractivity contribution in [1.82, 2.24) is 4.98 Å². The first-order valence-corrected chi connectivity index (χ1v) is 4.44. The molecule has 1 saturated heterocycles. The molecule has 1 fully saturated rings.